The van der Waals surface area contributed by atoms with Gasteiger partial charge in [-0.2, -0.15) is 18.3 Å². The first-order chi connectivity index (χ1) is 6.86. The quantitative estimate of drug-likeness (QED) is 0.849. The van der Waals surface area contributed by atoms with Crippen molar-refractivity contribution < 1.29 is 18.3 Å². The molecule has 0 unspecified atom stereocenters. The fourth-order valence-corrected chi connectivity index (χ4v) is 1.31. The molecule has 0 aliphatic heterocycles. The molecular weight excluding hydrogens is 209 g/mol. The van der Waals surface area contributed by atoms with Gasteiger partial charge in [0.05, 0.1) is 13.2 Å². The molecule has 1 heterocycles. The molecule has 0 aliphatic rings. The Labute approximate surface area is 85.5 Å². The third-order valence-corrected chi connectivity index (χ3v) is 2.00. The van der Waals surface area contributed by atoms with Crippen LogP contribution in [0, 0.1) is 0 Å². The van der Waals surface area contributed by atoms with Crippen LogP contribution in [0.1, 0.15) is 31.2 Å². The highest BCUT2D eigenvalue weighted by Gasteiger charge is 2.35. The molecule has 0 aromatic carbocycles. The van der Waals surface area contributed by atoms with E-state index in [1.165, 1.54) is 4.68 Å². The third kappa shape index (κ3) is 2.71. The van der Waals surface area contributed by atoms with Crippen molar-refractivity contribution in [1.29, 1.82) is 0 Å². The van der Waals surface area contributed by atoms with Crippen molar-refractivity contribution in [2.45, 2.75) is 32.5 Å². The molecule has 0 spiro atoms. The van der Waals surface area contributed by atoms with E-state index in [-0.39, 0.29) is 19.1 Å². The fraction of sp³-hybridized carbons (Fsp3) is 0.667. The number of aliphatic hydroxyl groups is 1. The van der Waals surface area contributed by atoms with Crippen LogP contribution < -0.4 is 0 Å². The average molecular weight is 222 g/mol. The van der Waals surface area contributed by atoms with E-state index in [9.17, 15) is 13.2 Å². The van der Waals surface area contributed by atoms with Crippen LogP contribution in [0.25, 0.3) is 0 Å². The van der Waals surface area contributed by atoms with Crippen LogP contribution in [0.4, 0.5) is 13.2 Å². The molecule has 0 radical (unpaired) electrons. The molecule has 1 rings (SSSR count). The van der Waals surface area contributed by atoms with Crippen molar-refractivity contribution >= 4 is 0 Å². The minimum atomic E-state index is -4.43. The van der Waals surface area contributed by atoms with Crippen molar-refractivity contribution in [1.82, 2.24) is 9.78 Å². The van der Waals surface area contributed by atoms with Crippen LogP contribution in [0.3, 0.4) is 0 Å². The Morgan fingerprint density at radius 1 is 1.47 bits per heavy atom. The first-order valence-electron chi connectivity index (χ1n) is 4.62. The summed E-state index contributed by atoms with van der Waals surface area (Å²) in [7, 11) is 0. The van der Waals surface area contributed by atoms with Crippen molar-refractivity contribution in [2.24, 2.45) is 0 Å². The summed E-state index contributed by atoms with van der Waals surface area (Å²) in [5.41, 5.74) is -0.420. The van der Waals surface area contributed by atoms with E-state index in [4.69, 9.17) is 5.11 Å². The topological polar surface area (TPSA) is 38.0 Å². The summed E-state index contributed by atoms with van der Waals surface area (Å²) < 4.78 is 38.2. The van der Waals surface area contributed by atoms with Gasteiger partial charge in [-0.15, -0.1) is 0 Å². The van der Waals surface area contributed by atoms with Crippen molar-refractivity contribution in [3.8, 4) is 0 Å². The van der Waals surface area contributed by atoms with Gasteiger partial charge in [-0.05, 0) is 12.0 Å². The molecule has 6 heteroatoms. The van der Waals surface area contributed by atoms with Crippen molar-refractivity contribution in [3.05, 3.63) is 17.5 Å². The van der Waals surface area contributed by atoms with Crippen LogP contribution in [0.5, 0.6) is 0 Å². The molecule has 1 N–H and O–H groups in total. The molecule has 15 heavy (non-hydrogen) atoms. The Bertz CT molecular complexity index is 331. The SMILES string of the molecule is CC(C)c1cc(C(F)(F)F)nn1CCO. The Balaban J connectivity index is 3.09. The Kier molecular flexibility index (Phi) is 3.38. The van der Waals surface area contributed by atoms with Gasteiger partial charge in [0.2, 0.25) is 0 Å². The van der Waals surface area contributed by atoms with Crippen LogP contribution in [-0.4, -0.2) is 21.5 Å². The number of aromatic nitrogens is 2. The molecule has 0 fully saturated rings. The Morgan fingerprint density at radius 2 is 2.07 bits per heavy atom. The van der Waals surface area contributed by atoms with Gasteiger partial charge < -0.3 is 5.11 Å². The standard InChI is InChI=1S/C9H13F3N2O/c1-6(2)7-5-8(9(10,11)12)13-14(7)3-4-15/h5-6,15H,3-4H2,1-2H3. The Morgan fingerprint density at radius 3 is 2.47 bits per heavy atom. The van der Waals surface area contributed by atoms with Crippen LogP contribution in [0.15, 0.2) is 6.07 Å². The number of aliphatic hydroxyl groups excluding tert-OH is 1. The van der Waals surface area contributed by atoms with Gasteiger partial charge in [0, 0.05) is 5.69 Å². The molecule has 0 atom stereocenters. The zero-order valence-corrected chi connectivity index (χ0v) is 8.54. The molecule has 0 saturated carbocycles. The highest BCUT2D eigenvalue weighted by atomic mass is 19.4. The van der Waals surface area contributed by atoms with E-state index in [0.29, 0.717) is 5.69 Å². The summed E-state index contributed by atoms with van der Waals surface area (Å²) in [5.74, 6) is -0.0554. The van der Waals surface area contributed by atoms with Gasteiger partial charge in [-0.3, -0.25) is 4.68 Å². The fourth-order valence-electron chi connectivity index (χ4n) is 1.31. The first-order valence-corrected chi connectivity index (χ1v) is 4.62. The lowest BCUT2D eigenvalue weighted by Gasteiger charge is -2.07. The summed E-state index contributed by atoms with van der Waals surface area (Å²) in [6.45, 7) is 3.43. The third-order valence-electron chi connectivity index (χ3n) is 2.00. The lowest BCUT2D eigenvalue weighted by molar-refractivity contribution is -0.141. The second kappa shape index (κ2) is 4.22. The smallest absolute Gasteiger partial charge is 0.394 e. The van der Waals surface area contributed by atoms with E-state index < -0.39 is 11.9 Å². The molecular formula is C9H13F3N2O. The highest BCUT2D eigenvalue weighted by Crippen LogP contribution is 2.30. The molecule has 0 aliphatic carbocycles. The maximum atomic E-state index is 12.3. The second-order valence-corrected chi connectivity index (χ2v) is 3.55. The largest absolute Gasteiger partial charge is 0.435 e. The zero-order chi connectivity index (χ0) is 11.6. The maximum absolute atomic E-state index is 12.3. The molecule has 86 valence electrons. The van der Waals surface area contributed by atoms with Gasteiger partial charge in [-0.25, -0.2) is 0 Å². The lowest BCUT2D eigenvalue weighted by Crippen LogP contribution is -2.11. The van der Waals surface area contributed by atoms with E-state index in [0.717, 1.165) is 6.07 Å². The first kappa shape index (κ1) is 12.0. The van der Waals surface area contributed by atoms with Gasteiger partial charge in [-0.1, -0.05) is 13.8 Å². The number of rotatable bonds is 3. The summed E-state index contributed by atoms with van der Waals surface area (Å²) in [4.78, 5) is 0. The predicted octanol–water partition coefficient (Wildman–Crippen LogP) is 2.02. The highest BCUT2D eigenvalue weighted by molar-refractivity contribution is 5.16. The normalized spacial score (nSPS) is 12.5. The monoisotopic (exact) mass is 222 g/mol. The van der Waals surface area contributed by atoms with Gasteiger partial charge >= 0.3 is 6.18 Å². The number of hydrogen-bond donors (Lipinski definition) is 1. The zero-order valence-electron chi connectivity index (χ0n) is 8.54. The van der Waals surface area contributed by atoms with Crippen LogP contribution >= 0.6 is 0 Å². The van der Waals surface area contributed by atoms with E-state index in [2.05, 4.69) is 5.10 Å². The van der Waals surface area contributed by atoms with Gasteiger partial charge in [0.15, 0.2) is 5.69 Å². The molecule has 3 nitrogen and oxygen atoms in total. The van der Waals surface area contributed by atoms with E-state index in [1.807, 2.05) is 0 Å². The minimum Gasteiger partial charge on any atom is -0.394 e. The molecule has 0 saturated heterocycles. The van der Waals surface area contributed by atoms with Crippen LogP contribution in [0.2, 0.25) is 0 Å². The molecule has 1 aromatic rings. The molecule has 0 amide bonds. The van der Waals surface area contributed by atoms with Gasteiger partial charge in [0.25, 0.3) is 0 Å². The number of nitrogens with zero attached hydrogens (tertiary/aromatic N) is 2. The average Bonchev–Trinajstić information content (AvgIpc) is 2.48. The number of hydrogen-bond acceptors (Lipinski definition) is 2. The van der Waals surface area contributed by atoms with Crippen molar-refractivity contribution in [2.75, 3.05) is 6.61 Å². The Hall–Kier alpha value is -1.04. The van der Waals surface area contributed by atoms with E-state index in [1.54, 1.807) is 13.8 Å². The number of halogens is 3. The maximum Gasteiger partial charge on any atom is 0.435 e. The second-order valence-electron chi connectivity index (χ2n) is 3.55. The molecule has 0 bridgehead atoms. The van der Waals surface area contributed by atoms with Crippen molar-refractivity contribution in [3.63, 3.8) is 0 Å². The summed E-state index contributed by atoms with van der Waals surface area (Å²) >= 11 is 0. The number of alkyl halides is 3. The summed E-state index contributed by atoms with van der Waals surface area (Å²) in [6.07, 6.45) is -4.43. The summed E-state index contributed by atoms with van der Waals surface area (Å²) in [5, 5.41) is 12.1. The lowest BCUT2D eigenvalue weighted by atomic mass is 10.1. The summed E-state index contributed by atoms with van der Waals surface area (Å²) in [6, 6.07) is 1.03. The predicted molar refractivity (Wildman–Crippen MR) is 48.4 cm³/mol. The van der Waals surface area contributed by atoms with Gasteiger partial charge in [0.1, 0.15) is 0 Å². The van der Waals surface area contributed by atoms with E-state index >= 15 is 0 Å². The minimum absolute atomic E-state index is 0.0554. The molecule has 1 aromatic heterocycles. The van der Waals surface area contributed by atoms with Crippen LogP contribution in [-0.2, 0) is 12.7 Å².